The molecule has 0 aliphatic heterocycles. The Morgan fingerprint density at radius 1 is 1.10 bits per heavy atom. The number of fused-ring (bicyclic) bond motifs is 5. The van der Waals surface area contributed by atoms with Crippen molar-refractivity contribution in [2.45, 2.75) is 111 Å². The Kier molecular flexibility index (Phi) is 6.48. The molecular formula is C27H46O3. The van der Waals surface area contributed by atoms with Crippen LogP contribution in [0.5, 0.6) is 0 Å². The highest BCUT2D eigenvalue weighted by atomic mass is 17.1. The van der Waals surface area contributed by atoms with Crippen LogP contribution < -0.4 is 0 Å². The molecule has 0 heterocycles. The van der Waals surface area contributed by atoms with E-state index in [4.69, 9.17) is 4.89 Å². The fourth-order valence-corrected chi connectivity index (χ4v) is 8.85. The highest BCUT2D eigenvalue weighted by Crippen LogP contribution is 2.67. The summed E-state index contributed by atoms with van der Waals surface area (Å²) in [4.78, 5) is 5.04. The van der Waals surface area contributed by atoms with Gasteiger partial charge in [-0.05, 0) is 79.4 Å². The van der Waals surface area contributed by atoms with Gasteiger partial charge in [0.25, 0.3) is 0 Å². The van der Waals surface area contributed by atoms with Crippen LogP contribution in [0.4, 0.5) is 0 Å². The first-order chi connectivity index (χ1) is 14.2. The maximum atomic E-state index is 10.3. The van der Waals surface area contributed by atoms with Gasteiger partial charge in [0, 0.05) is 11.8 Å². The molecule has 9 atom stereocenters. The zero-order valence-electron chi connectivity index (χ0n) is 20.1. The third kappa shape index (κ3) is 3.61. The molecule has 2 N–H and O–H groups in total. The van der Waals surface area contributed by atoms with Gasteiger partial charge >= 0.3 is 0 Å². The molecule has 4 aliphatic rings. The summed E-state index contributed by atoms with van der Waals surface area (Å²) in [5.74, 6) is 4.60. The number of hydrogen-bond donors (Lipinski definition) is 2. The predicted molar refractivity (Wildman–Crippen MR) is 122 cm³/mol. The lowest BCUT2D eigenvalue weighted by Crippen LogP contribution is -2.56. The zero-order chi connectivity index (χ0) is 21.7. The molecule has 0 saturated heterocycles. The van der Waals surface area contributed by atoms with Gasteiger partial charge in [-0.15, -0.1) is 0 Å². The van der Waals surface area contributed by atoms with E-state index in [0.29, 0.717) is 23.7 Å². The lowest BCUT2D eigenvalue weighted by molar-refractivity contribution is -0.317. The highest BCUT2D eigenvalue weighted by Gasteiger charge is 2.61. The molecule has 0 amide bonds. The van der Waals surface area contributed by atoms with Gasteiger partial charge in [-0.3, -0.25) is 5.26 Å². The molecule has 0 aromatic carbocycles. The van der Waals surface area contributed by atoms with E-state index in [1.54, 1.807) is 0 Å². The lowest BCUT2D eigenvalue weighted by atomic mass is 9.46. The van der Waals surface area contributed by atoms with Crippen LogP contribution in [0.15, 0.2) is 11.6 Å². The van der Waals surface area contributed by atoms with Crippen LogP contribution in [0, 0.1) is 46.3 Å². The number of aliphatic hydroxyl groups excluding tert-OH is 1. The van der Waals surface area contributed by atoms with Crippen molar-refractivity contribution in [2.24, 2.45) is 46.3 Å². The van der Waals surface area contributed by atoms with Gasteiger partial charge in [0.15, 0.2) is 0 Å². The summed E-state index contributed by atoms with van der Waals surface area (Å²) < 4.78 is 0. The summed E-state index contributed by atoms with van der Waals surface area (Å²) in [6.45, 7) is 12.2. The van der Waals surface area contributed by atoms with E-state index in [9.17, 15) is 10.4 Å². The Labute approximate surface area is 184 Å². The molecule has 3 nitrogen and oxygen atoms in total. The molecule has 3 fully saturated rings. The van der Waals surface area contributed by atoms with E-state index in [0.717, 1.165) is 36.5 Å². The largest absolute Gasteiger partial charge is 0.393 e. The molecular weight excluding hydrogens is 372 g/mol. The first-order valence-electron chi connectivity index (χ1n) is 12.9. The first kappa shape index (κ1) is 22.8. The Morgan fingerprint density at radius 3 is 2.57 bits per heavy atom. The molecule has 3 heteroatoms. The van der Waals surface area contributed by atoms with E-state index in [-0.39, 0.29) is 17.6 Å². The maximum absolute atomic E-state index is 10.3. The topological polar surface area (TPSA) is 49.7 Å². The summed E-state index contributed by atoms with van der Waals surface area (Å²) in [7, 11) is 0. The summed E-state index contributed by atoms with van der Waals surface area (Å²) in [5.41, 5.74) is 1.71. The normalized spacial score (nSPS) is 46.7. The molecule has 0 radical (unpaired) electrons. The fraction of sp³-hybridized carbons (Fsp3) is 0.926. The highest BCUT2D eigenvalue weighted by molar-refractivity contribution is 5.27. The SMILES string of the molecule is CC(C)CCC[C@@H](C)[C@H]1CC[C@H]2[C@@H]3CC=C4C[C@@H](O)CC(OO)[C@]4(C)[C@H]3CC[C@]12C. The minimum Gasteiger partial charge on any atom is -0.393 e. The van der Waals surface area contributed by atoms with Crippen LogP contribution in [0.1, 0.15) is 98.8 Å². The van der Waals surface area contributed by atoms with Crippen molar-refractivity contribution in [1.29, 1.82) is 0 Å². The van der Waals surface area contributed by atoms with Crippen LogP contribution in [-0.4, -0.2) is 22.6 Å². The van der Waals surface area contributed by atoms with Gasteiger partial charge in [-0.25, -0.2) is 4.89 Å². The second-order valence-electron chi connectivity index (χ2n) is 12.3. The molecule has 0 aromatic rings. The number of allylic oxidation sites excluding steroid dienone is 1. The Balaban J connectivity index is 1.53. The van der Waals surface area contributed by atoms with Crippen molar-refractivity contribution in [1.82, 2.24) is 0 Å². The standard InChI is InChI=1S/C27H46O3/c1-17(2)7-6-8-18(3)22-11-12-23-21-10-9-19-15-20(28)16-25(30-29)27(19,5)24(21)13-14-26(22,23)4/h9,17-18,20-25,28-29H,6-8,10-16H2,1-5H3/t18-,20-,21+,22-,23+,24+,25?,26-,27+/m1/s1. The fourth-order valence-electron chi connectivity index (χ4n) is 8.85. The van der Waals surface area contributed by atoms with Crippen molar-refractivity contribution in [3.05, 3.63) is 11.6 Å². The average Bonchev–Trinajstić information content (AvgIpc) is 3.05. The quantitative estimate of drug-likeness (QED) is 0.281. The summed E-state index contributed by atoms with van der Waals surface area (Å²) >= 11 is 0. The van der Waals surface area contributed by atoms with Gasteiger partial charge in [-0.2, -0.15) is 0 Å². The molecule has 4 rings (SSSR count). The molecule has 0 aromatic heterocycles. The smallest absolute Gasteiger partial charge is 0.104 e. The molecule has 0 spiro atoms. The van der Waals surface area contributed by atoms with Gasteiger partial charge in [0.2, 0.25) is 0 Å². The molecule has 30 heavy (non-hydrogen) atoms. The third-order valence-electron chi connectivity index (χ3n) is 10.5. The van der Waals surface area contributed by atoms with E-state index in [2.05, 4.69) is 40.7 Å². The van der Waals surface area contributed by atoms with Crippen molar-refractivity contribution in [3.63, 3.8) is 0 Å². The molecule has 0 bridgehead atoms. The van der Waals surface area contributed by atoms with Crippen LogP contribution in [-0.2, 0) is 4.89 Å². The second-order valence-corrected chi connectivity index (χ2v) is 12.3. The molecule has 1 unspecified atom stereocenters. The maximum Gasteiger partial charge on any atom is 0.104 e. The summed E-state index contributed by atoms with van der Waals surface area (Å²) in [6, 6.07) is 0. The zero-order valence-corrected chi connectivity index (χ0v) is 20.1. The number of rotatable bonds is 6. The monoisotopic (exact) mass is 418 g/mol. The average molecular weight is 419 g/mol. The van der Waals surface area contributed by atoms with Crippen molar-refractivity contribution in [2.75, 3.05) is 0 Å². The van der Waals surface area contributed by atoms with Gasteiger partial charge in [0.1, 0.15) is 6.10 Å². The number of aliphatic hydroxyl groups is 1. The predicted octanol–water partition coefficient (Wildman–Crippen LogP) is 6.86. The van der Waals surface area contributed by atoms with Crippen LogP contribution in [0.2, 0.25) is 0 Å². The van der Waals surface area contributed by atoms with Crippen LogP contribution in [0.25, 0.3) is 0 Å². The minimum atomic E-state index is -0.380. The van der Waals surface area contributed by atoms with Gasteiger partial charge in [0.05, 0.1) is 6.10 Å². The van der Waals surface area contributed by atoms with E-state index in [1.165, 1.54) is 50.5 Å². The lowest BCUT2D eigenvalue weighted by Gasteiger charge is -2.59. The summed E-state index contributed by atoms with van der Waals surface area (Å²) in [6.07, 6.45) is 13.7. The van der Waals surface area contributed by atoms with Crippen LogP contribution in [0.3, 0.4) is 0 Å². The van der Waals surface area contributed by atoms with E-state index < -0.39 is 0 Å². The molecule has 172 valence electrons. The van der Waals surface area contributed by atoms with Crippen molar-refractivity contribution in [3.8, 4) is 0 Å². The van der Waals surface area contributed by atoms with E-state index >= 15 is 0 Å². The van der Waals surface area contributed by atoms with Gasteiger partial charge in [-0.1, -0.05) is 65.5 Å². The first-order valence-corrected chi connectivity index (χ1v) is 12.9. The Morgan fingerprint density at radius 2 is 1.87 bits per heavy atom. The third-order valence-corrected chi connectivity index (χ3v) is 10.5. The number of hydrogen-bond acceptors (Lipinski definition) is 3. The van der Waals surface area contributed by atoms with Crippen LogP contribution >= 0.6 is 0 Å². The summed E-state index contributed by atoms with van der Waals surface area (Å²) in [5, 5.41) is 20.1. The van der Waals surface area contributed by atoms with Crippen molar-refractivity contribution < 1.29 is 15.3 Å². The van der Waals surface area contributed by atoms with Gasteiger partial charge < -0.3 is 5.11 Å². The minimum absolute atomic E-state index is 0.112. The Hall–Kier alpha value is -0.380. The van der Waals surface area contributed by atoms with Crippen molar-refractivity contribution >= 4 is 0 Å². The van der Waals surface area contributed by atoms with E-state index in [1.807, 2.05) is 0 Å². The Bertz CT molecular complexity index is 642. The molecule has 3 saturated carbocycles. The molecule has 4 aliphatic carbocycles. The second kappa shape index (κ2) is 8.52.